The lowest BCUT2D eigenvalue weighted by molar-refractivity contribution is -0.135. The van der Waals surface area contributed by atoms with Crippen molar-refractivity contribution in [3.05, 3.63) is 29.8 Å². The molecule has 7 nitrogen and oxygen atoms in total. The molecule has 1 aliphatic heterocycles. The lowest BCUT2D eigenvalue weighted by atomic mass is 9.88. The molecule has 1 amide bonds. The molecular weight excluding hydrogens is 380 g/mol. The number of benzene rings is 1. The second-order valence-corrected chi connectivity index (χ2v) is 8.26. The Balaban J connectivity index is 1.52. The summed E-state index contributed by atoms with van der Waals surface area (Å²) in [7, 11) is 1.62. The van der Waals surface area contributed by atoms with Crippen LogP contribution in [0.4, 0.5) is 0 Å². The minimum absolute atomic E-state index is 0.188. The maximum absolute atomic E-state index is 12.8. The molecule has 2 unspecified atom stereocenters. The van der Waals surface area contributed by atoms with Gasteiger partial charge >= 0.3 is 0 Å². The predicted molar refractivity (Wildman–Crippen MR) is 119 cm³/mol. The number of aliphatic imine (C=N–C) groups is 1. The maximum atomic E-state index is 12.8. The Hall–Kier alpha value is -2.28. The molecule has 30 heavy (non-hydrogen) atoms. The van der Waals surface area contributed by atoms with E-state index in [1.807, 2.05) is 36.1 Å². The van der Waals surface area contributed by atoms with Gasteiger partial charge in [0.1, 0.15) is 5.75 Å². The number of guanidine groups is 1. The van der Waals surface area contributed by atoms with Crippen LogP contribution in [0.1, 0.15) is 57.1 Å². The summed E-state index contributed by atoms with van der Waals surface area (Å²) in [6, 6.07) is 7.56. The molecule has 3 N–H and O–H groups in total. The Morgan fingerprint density at radius 1 is 1.23 bits per heavy atom. The number of hydrogen-bond acceptors (Lipinski definition) is 4. The molecule has 1 aliphatic carbocycles. The van der Waals surface area contributed by atoms with Gasteiger partial charge in [-0.1, -0.05) is 31.4 Å². The van der Waals surface area contributed by atoms with E-state index in [0.29, 0.717) is 11.9 Å². The number of amides is 1. The van der Waals surface area contributed by atoms with Crippen LogP contribution in [-0.2, 0) is 4.79 Å². The highest BCUT2D eigenvalue weighted by atomic mass is 16.5. The van der Waals surface area contributed by atoms with E-state index in [2.05, 4.69) is 15.6 Å². The van der Waals surface area contributed by atoms with E-state index in [1.54, 1.807) is 7.11 Å². The zero-order valence-corrected chi connectivity index (χ0v) is 18.3. The Labute approximate surface area is 179 Å². The lowest BCUT2D eigenvalue weighted by Crippen LogP contribution is -2.45. The van der Waals surface area contributed by atoms with Gasteiger partial charge in [-0.15, -0.1) is 0 Å². The van der Waals surface area contributed by atoms with Gasteiger partial charge in [-0.3, -0.25) is 9.79 Å². The van der Waals surface area contributed by atoms with Crippen molar-refractivity contribution in [2.75, 3.05) is 33.3 Å². The summed E-state index contributed by atoms with van der Waals surface area (Å²) < 4.78 is 5.16. The molecule has 0 aromatic heterocycles. The number of aliphatic hydroxyl groups is 1. The summed E-state index contributed by atoms with van der Waals surface area (Å²) in [6.45, 7) is 4.55. The fraction of sp³-hybridized carbons (Fsp3) is 0.652. The van der Waals surface area contributed by atoms with Crippen molar-refractivity contribution in [3.63, 3.8) is 0 Å². The number of aliphatic hydroxyl groups excluding tert-OH is 1. The van der Waals surface area contributed by atoms with Crippen LogP contribution in [0, 0.1) is 5.92 Å². The van der Waals surface area contributed by atoms with E-state index in [-0.39, 0.29) is 18.5 Å². The first-order chi connectivity index (χ1) is 14.6. The average Bonchev–Trinajstić information content (AvgIpc) is 3.26. The van der Waals surface area contributed by atoms with Crippen molar-refractivity contribution < 1.29 is 14.6 Å². The van der Waals surface area contributed by atoms with E-state index in [9.17, 15) is 9.90 Å². The number of nitrogens with one attached hydrogen (secondary N) is 2. The van der Waals surface area contributed by atoms with Gasteiger partial charge in [-0.05, 0) is 43.9 Å². The highest BCUT2D eigenvalue weighted by Gasteiger charge is 2.31. The van der Waals surface area contributed by atoms with Crippen LogP contribution >= 0.6 is 0 Å². The molecule has 2 aliphatic rings. The van der Waals surface area contributed by atoms with E-state index < -0.39 is 6.10 Å². The van der Waals surface area contributed by atoms with Crippen molar-refractivity contribution in [1.82, 2.24) is 15.5 Å². The van der Waals surface area contributed by atoms with Crippen molar-refractivity contribution in [2.45, 2.75) is 57.6 Å². The molecular formula is C23H36N4O3. The molecule has 0 radical (unpaired) electrons. The van der Waals surface area contributed by atoms with Crippen molar-refractivity contribution in [3.8, 4) is 5.75 Å². The van der Waals surface area contributed by atoms with Crippen LogP contribution in [0.15, 0.2) is 29.3 Å². The molecule has 2 fully saturated rings. The van der Waals surface area contributed by atoms with E-state index in [4.69, 9.17) is 4.74 Å². The molecule has 166 valence electrons. The average molecular weight is 417 g/mol. The number of ether oxygens (including phenoxy) is 1. The zero-order chi connectivity index (χ0) is 21.3. The molecule has 1 saturated carbocycles. The van der Waals surface area contributed by atoms with Gasteiger partial charge in [0.25, 0.3) is 0 Å². The number of hydrogen-bond donors (Lipinski definition) is 3. The van der Waals surface area contributed by atoms with Gasteiger partial charge in [-0.25, -0.2) is 0 Å². The Morgan fingerprint density at radius 3 is 2.63 bits per heavy atom. The third-order valence-corrected chi connectivity index (χ3v) is 6.06. The molecule has 0 spiro atoms. The molecule has 1 aromatic carbocycles. The molecule has 1 heterocycles. The summed E-state index contributed by atoms with van der Waals surface area (Å²) in [6.07, 6.45) is 5.95. The lowest BCUT2D eigenvalue weighted by Gasteiger charge is -2.26. The molecule has 3 rings (SSSR count). The van der Waals surface area contributed by atoms with Crippen LogP contribution < -0.4 is 15.4 Å². The van der Waals surface area contributed by atoms with Crippen LogP contribution in [0.3, 0.4) is 0 Å². The number of methoxy groups -OCH3 is 1. The van der Waals surface area contributed by atoms with Crippen LogP contribution in [0.25, 0.3) is 0 Å². The van der Waals surface area contributed by atoms with Crippen molar-refractivity contribution >= 4 is 11.9 Å². The fourth-order valence-corrected chi connectivity index (χ4v) is 4.31. The molecule has 2 atom stereocenters. The summed E-state index contributed by atoms with van der Waals surface area (Å²) in [5.41, 5.74) is 0.806. The normalized spacial score (nSPS) is 21.4. The minimum Gasteiger partial charge on any atom is -0.497 e. The van der Waals surface area contributed by atoms with Crippen molar-refractivity contribution in [2.24, 2.45) is 10.9 Å². The largest absolute Gasteiger partial charge is 0.497 e. The molecule has 1 saturated heterocycles. The molecule has 7 heteroatoms. The van der Waals surface area contributed by atoms with E-state index in [0.717, 1.165) is 50.2 Å². The smallest absolute Gasteiger partial charge is 0.225 e. The van der Waals surface area contributed by atoms with Gasteiger partial charge in [0.05, 0.1) is 19.8 Å². The van der Waals surface area contributed by atoms with Gasteiger partial charge < -0.3 is 25.4 Å². The first kappa shape index (κ1) is 22.4. The number of rotatable bonds is 7. The topological polar surface area (TPSA) is 86.2 Å². The van der Waals surface area contributed by atoms with E-state index in [1.165, 1.54) is 19.3 Å². The number of nitrogens with zero attached hydrogens (tertiary/aromatic N) is 2. The summed E-state index contributed by atoms with van der Waals surface area (Å²) in [5.74, 6) is 2.00. The quantitative estimate of drug-likeness (QED) is 0.470. The Morgan fingerprint density at radius 2 is 1.97 bits per heavy atom. The predicted octanol–water partition coefficient (Wildman–Crippen LogP) is 2.46. The Kier molecular flexibility index (Phi) is 8.37. The van der Waals surface area contributed by atoms with Crippen LogP contribution in [0.2, 0.25) is 0 Å². The van der Waals surface area contributed by atoms with E-state index >= 15 is 0 Å². The second-order valence-electron chi connectivity index (χ2n) is 8.26. The summed E-state index contributed by atoms with van der Waals surface area (Å²) >= 11 is 0. The third-order valence-electron chi connectivity index (χ3n) is 6.06. The zero-order valence-electron chi connectivity index (χ0n) is 18.3. The number of carbonyl (C=O) groups excluding carboxylic acids is 1. The summed E-state index contributed by atoms with van der Waals surface area (Å²) in [5, 5.41) is 17.2. The highest BCUT2D eigenvalue weighted by molar-refractivity contribution is 5.81. The van der Waals surface area contributed by atoms with Gasteiger partial charge in [0.15, 0.2) is 5.96 Å². The second kappa shape index (κ2) is 11.2. The molecule has 0 bridgehead atoms. The van der Waals surface area contributed by atoms with Crippen LogP contribution in [0.5, 0.6) is 5.75 Å². The Bertz CT molecular complexity index is 701. The van der Waals surface area contributed by atoms with Gasteiger partial charge in [-0.2, -0.15) is 0 Å². The first-order valence-electron chi connectivity index (χ1n) is 11.3. The number of carbonyl (C=O) groups is 1. The minimum atomic E-state index is -0.681. The third kappa shape index (κ3) is 6.11. The fourth-order valence-electron chi connectivity index (χ4n) is 4.31. The van der Waals surface area contributed by atoms with Gasteiger partial charge in [0, 0.05) is 31.6 Å². The highest BCUT2D eigenvalue weighted by Crippen LogP contribution is 2.26. The first-order valence-corrected chi connectivity index (χ1v) is 11.3. The van der Waals surface area contributed by atoms with Gasteiger partial charge in [0.2, 0.25) is 5.91 Å². The SMILES string of the molecule is CCNC(=NCC(O)c1ccc(OC)cc1)NC1CCN(C(=O)C2CCCCC2)C1. The molecule has 1 aromatic rings. The number of likely N-dealkylation sites (tertiary alicyclic amines) is 1. The maximum Gasteiger partial charge on any atom is 0.225 e. The summed E-state index contributed by atoms with van der Waals surface area (Å²) in [4.78, 5) is 19.4. The monoisotopic (exact) mass is 416 g/mol. The van der Waals surface area contributed by atoms with Crippen molar-refractivity contribution in [1.29, 1.82) is 0 Å². The van der Waals surface area contributed by atoms with Crippen LogP contribution in [-0.4, -0.2) is 61.2 Å². The standard InChI is InChI=1S/C23H36N4O3/c1-3-24-23(25-15-21(28)17-9-11-20(30-2)12-10-17)26-19-13-14-27(16-19)22(29)18-7-5-4-6-8-18/h9-12,18-19,21,28H,3-8,13-16H2,1-2H3,(H2,24,25,26).